The Kier molecular flexibility index (Phi) is 4.98. The van der Waals surface area contributed by atoms with E-state index < -0.39 is 23.1 Å². The quantitative estimate of drug-likeness (QED) is 0.652. The highest BCUT2D eigenvalue weighted by Gasteiger charge is 2.29. The van der Waals surface area contributed by atoms with Crippen molar-refractivity contribution in [1.29, 1.82) is 0 Å². The number of hydrogen-bond acceptors (Lipinski definition) is 5. The van der Waals surface area contributed by atoms with Gasteiger partial charge in [0.1, 0.15) is 11.4 Å². The van der Waals surface area contributed by atoms with Crippen LogP contribution in [-0.4, -0.2) is 27.2 Å². The fourth-order valence-electron chi connectivity index (χ4n) is 1.93. The Morgan fingerprint density at radius 3 is 2.71 bits per heavy atom. The Balaban J connectivity index is 2.26. The van der Waals surface area contributed by atoms with Crippen molar-refractivity contribution >= 4 is 28.9 Å². The van der Waals surface area contributed by atoms with Gasteiger partial charge in [0.05, 0.1) is 9.95 Å². The molecule has 1 amide bonds. The first-order chi connectivity index (χ1) is 11.2. The third kappa shape index (κ3) is 3.59. The summed E-state index contributed by atoms with van der Waals surface area (Å²) >= 11 is 5.78. The Bertz CT molecular complexity index is 810. The van der Waals surface area contributed by atoms with E-state index >= 15 is 0 Å². The van der Waals surface area contributed by atoms with Crippen LogP contribution in [0.25, 0.3) is 0 Å². The normalized spacial score (nSPS) is 10.8. The summed E-state index contributed by atoms with van der Waals surface area (Å²) in [6.07, 6.45) is 0. The number of nitrogens with one attached hydrogen (secondary N) is 1. The molecule has 0 fully saturated rings. The molecule has 1 heterocycles. The molecule has 1 aromatic heterocycles. The lowest BCUT2D eigenvalue weighted by atomic mass is 10.2. The number of amides is 1. The highest BCUT2D eigenvalue weighted by Crippen LogP contribution is 2.30. The fraction of sp³-hybridized carbons (Fsp3) is 0.231. The zero-order chi connectivity index (χ0) is 18.0. The molecule has 1 aromatic carbocycles. The smallest absolute Gasteiger partial charge is 0.387 e. The van der Waals surface area contributed by atoms with Gasteiger partial charge < -0.3 is 10.1 Å². The summed E-state index contributed by atoms with van der Waals surface area (Å²) in [5.41, 5.74) is -0.434. The maximum Gasteiger partial charge on any atom is 0.387 e. The van der Waals surface area contributed by atoms with Gasteiger partial charge in [-0.05, 0) is 25.1 Å². The molecule has 128 valence electrons. The molecule has 0 unspecified atom stereocenters. The third-order valence-electron chi connectivity index (χ3n) is 3.11. The maximum absolute atomic E-state index is 12.2. The molecular formula is C13H11ClF2N4O4. The minimum atomic E-state index is -3.04. The van der Waals surface area contributed by atoms with Crippen LogP contribution in [0.2, 0.25) is 5.02 Å². The van der Waals surface area contributed by atoms with Crippen LogP contribution in [0.3, 0.4) is 0 Å². The molecule has 2 rings (SSSR count). The van der Waals surface area contributed by atoms with Crippen LogP contribution < -0.4 is 10.1 Å². The maximum atomic E-state index is 12.2. The number of anilines is 1. The summed E-state index contributed by atoms with van der Waals surface area (Å²) in [5, 5.41) is 17.1. The van der Waals surface area contributed by atoms with E-state index in [0.717, 1.165) is 6.07 Å². The number of aromatic nitrogens is 2. The third-order valence-corrected chi connectivity index (χ3v) is 3.40. The van der Waals surface area contributed by atoms with Gasteiger partial charge in [0.25, 0.3) is 5.91 Å². The molecule has 0 aliphatic carbocycles. The van der Waals surface area contributed by atoms with Gasteiger partial charge in [-0.1, -0.05) is 11.6 Å². The molecule has 0 aliphatic heterocycles. The van der Waals surface area contributed by atoms with Crippen molar-refractivity contribution in [3.8, 4) is 5.75 Å². The van der Waals surface area contributed by atoms with E-state index in [-0.39, 0.29) is 27.8 Å². The number of nitrogens with zero attached hydrogens (tertiary/aromatic N) is 3. The summed E-state index contributed by atoms with van der Waals surface area (Å²) < 4.78 is 29.7. The number of ether oxygens (including phenoxy) is 1. The average Bonchev–Trinajstić information content (AvgIpc) is 2.77. The Morgan fingerprint density at radius 2 is 2.17 bits per heavy atom. The fourth-order valence-corrected chi connectivity index (χ4v) is 2.15. The minimum absolute atomic E-state index is 0.143. The van der Waals surface area contributed by atoms with Gasteiger partial charge in [0, 0.05) is 12.7 Å². The van der Waals surface area contributed by atoms with Crippen LogP contribution in [-0.2, 0) is 7.05 Å². The number of carbonyl (C=O) groups excluding carboxylic acids is 1. The minimum Gasteiger partial charge on any atom is -0.433 e. The molecule has 0 aliphatic rings. The number of alkyl halides is 2. The lowest BCUT2D eigenvalue weighted by molar-refractivity contribution is -0.385. The van der Waals surface area contributed by atoms with Crippen LogP contribution >= 0.6 is 11.6 Å². The Hall–Kier alpha value is -2.75. The lowest BCUT2D eigenvalue weighted by Gasteiger charge is -2.09. The molecule has 1 N–H and O–H groups in total. The second kappa shape index (κ2) is 6.79. The summed E-state index contributed by atoms with van der Waals surface area (Å²) in [4.78, 5) is 22.6. The topological polar surface area (TPSA) is 99.3 Å². The van der Waals surface area contributed by atoms with Gasteiger partial charge in [0.2, 0.25) is 5.69 Å². The molecule has 0 saturated heterocycles. The first kappa shape index (κ1) is 17.6. The Morgan fingerprint density at radius 1 is 1.50 bits per heavy atom. The molecular weight excluding hydrogens is 350 g/mol. The van der Waals surface area contributed by atoms with Gasteiger partial charge in [-0.3, -0.25) is 19.6 Å². The number of nitro groups is 1. The first-order valence-electron chi connectivity index (χ1n) is 6.44. The summed E-state index contributed by atoms with van der Waals surface area (Å²) in [7, 11) is 1.46. The number of halogens is 3. The summed E-state index contributed by atoms with van der Waals surface area (Å²) in [6.45, 7) is -1.59. The zero-order valence-corrected chi connectivity index (χ0v) is 13.2. The number of carbonyl (C=O) groups is 1. The SMILES string of the molecule is Cc1c([N+](=O)[O-])c(C(=O)Nc2ccc(OC(F)F)c(Cl)c2)nn1C. The van der Waals surface area contributed by atoms with Crippen LogP contribution in [0.5, 0.6) is 5.75 Å². The van der Waals surface area contributed by atoms with E-state index in [9.17, 15) is 23.7 Å². The molecule has 11 heteroatoms. The number of benzene rings is 1. The number of aryl methyl sites for hydroxylation is 1. The van der Waals surface area contributed by atoms with Gasteiger partial charge in [-0.2, -0.15) is 13.9 Å². The molecule has 8 nitrogen and oxygen atoms in total. The van der Waals surface area contributed by atoms with Crippen molar-refractivity contribution in [3.63, 3.8) is 0 Å². The highest BCUT2D eigenvalue weighted by molar-refractivity contribution is 6.32. The molecule has 0 spiro atoms. The highest BCUT2D eigenvalue weighted by atomic mass is 35.5. The molecule has 0 radical (unpaired) electrons. The first-order valence-corrected chi connectivity index (χ1v) is 6.82. The lowest BCUT2D eigenvalue weighted by Crippen LogP contribution is -2.14. The molecule has 0 atom stereocenters. The van der Waals surface area contributed by atoms with Crippen LogP contribution in [0, 0.1) is 17.0 Å². The van der Waals surface area contributed by atoms with Gasteiger partial charge >= 0.3 is 12.3 Å². The standard InChI is InChI=1S/C13H11ClF2N4O4/c1-6-11(20(22)23)10(18-19(6)2)12(21)17-7-3-4-9(8(14)5-7)24-13(15)16/h3-5,13H,1-2H3,(H,17,21). The predicted octanol–water partition coefficient (Wildman–Crippen LogP) is 3.14. The summed E-state index contributed by atoms with van der Waals surface area (Å²) in [5.74, 6) is -1.09. The second-order valence-electron chi connectivity index (χ2n) is 4.64. The van der Waals surface area contributed by atoms with Crippen molar-refractivity contribution < 1.29 is 23.2 Å². The largest absolute Gasteiger partial charge is 0.433 e. The van der Waals surface area contributed by atoms with Crippen molar-refractivity contribution in [2.45, 2.75) is 13.5 Å². The second-order valence-corrected chi connectivity index (χ2v) is 5.05. The van der Waals surface area contributed by atoms with E-state index in [1.807, 2.05) is 0 Å². The van der Waals surface area contributed by atoms with E-state index in [1.165, 1.54) is 30.8 Å². The van der Waals surface area contributed by atoms with Crippen molar-refractivity contribution in [2.24, 2.45) is 7.05 Å². The molecule has 0 saturated carbocycles. The molecule has 0 bridgehead atoms. The van der Waals surface area contributed by atoms with E-state index in [0.29, 0.717) is 0 Å². The number of hydrogen-bond donors (Lipinski definition) is 1. The van der Waals surface area contributed by atoms with Gasteiger partial charge in [-0.25, -0.2) is 0 Å². The van der Waals surface area contributed by atoms with Gasteiger partial charge in [-0.15, -0.1) is 0 Å². The van der Waals surface area contributed by atoms with E-state index in [4.69, 9.17) is 11.6 Å². The van der Waals surface area contributed by atoms with Gasteiger partial charge in [0.15, 0.2) is 0 Å². The average molecular weight is 361 g/mol. The monoisotopic (exact) mass is 360 g/mol. The zero-order valence-electron chi connectivity index (χ0n) is 12.4. The van der Waals surface area contributed by atoms with E-state index in [1.54, 1.807) is 0 Å². The van der Waals surface area contributed by atoms with Crippen LogP contribution in [0.15, 0.2) is 18.2 Å². The molecule has 2 aromatic rings. The van der Waals surface area contributed by atoms with Crippen LogP contribution in [0.1, 0.15) is 16.2 Å². The Labute approximate surface area is 139 Å². The van der Waals surface area contributed by atoms with Crippen molar-refractivity contribution in [1.82, 2.24) is 9.78 Å². The van der Waals surface area contributed by atoms with Crippen molar-refractivity contribution in [3.05, 3.63) is 44.7 Å². The van der Waals surface area contributed by atoms with Crippen LogP contribution in [0.4, 0.5) is 20.2 Å². The molecule has 24 heavy (non-hydrogen) atoms. The number of rotatable bonds is 5. The van der Waals surface area contributed by atoms with E-state index in [2.05, 4.69) is 15.2 Å². The van der Waals surface area contributed by atoms with Crippen molar-refractivity contribution in [2.75, 3.05) is 5.32 Å². The summed E-state index contributed by atoms with van der Waals surface area (Å²) in [6, 6.07) is 3.59. The predicted molar refractivity (Wildman–Crippen MR) is 80.6 cm³/mol.